The van der Waals surface area contributed by atoms with Crippen LogP contribution in [0.25, 0.3) is 0 Å². The molecule has 0 aromatic rings. The highest BCUT2D eigenvalue weighted by Gasteiger charge is 2.29. The van der Waals surface area contributed by atoms with Crippen molar-refractivity contribution in [3.63, 3.8) is 0 Å². The molecule has 0 bridgehead atoms. The van der Waals surface area contributed by atoms with Crippen molar-refractivity contribution in [1.82, 2.24) is 0 Å². The van der Waals surface area contributed by atoms with Crippen molar-refractivity contribution in [2.45, 2.75) is 54.1 Å². The minimum absolute atomic E-state index is 0.0399. The van der Waals surface area contributed by atoms with Gasteiger partial charge in [0.2, 0.25) is 0 Å². The molecule has 0 radical (unpaired) electrons. The molecule has 0 fully saturated rings. The number of aliphatic hydroxyl groups is 1. The van der Waals surface area contributed by atoms with Gasteiger partial charge in [-0.3, -0.25) is 0 Å². The highest BCUT2D eigenvalue weighted by molar-refractivity contribution is 4.80. The van der Waals surface area contributed by atoms with E-state index in [2.05, 4.69) is 34.6 Å². The molecule has 0 aliphatic rings. The third-order valence-corrected chi connectivity index (χ3v) is 2.12. The standard InChI is InChI=1S/C10H22O/c1-8(11)10(5,6)7-9(2,3)4/h8,11H,7H2,1-6H3. The second-order valence-electron chi connectivity index (χ2n) is 5.40. The second kappa shape index (κ2) is 3.14. The van der Waals surface area contributed by atoms with Gasteiger partial charge in [-0.05, 0) is 24.2 Å². The van der Waals surface area contributed by atoms with Crippen molar-refractivity contribution in [1.29, 1.82) is 0 Å². The van der Waals surface area contributed by atoms with Crippen LogP contribution < -0.4 is 0 Å². The third-order valence-electron chi connectivity index (χ3n) is 2.12. The van der Waals surface area contributed by atoms with E-state index in [0.717, 1.165) is 6.42 Å². The molecule has 1 unspecified atom stereocenters. The maximum atomic E-state index is 9.44. The lowest BCUT2D eigenvalue weighted by Crippen LogP contribution is -2.30. The summed E-state index contributed by atoms with van der Waals surface area (Å²) in [4.78, 5) is 0. The number of hydrogen-bond acceptors (Lipinski definition) is 1. The van der Waals surface area contributed by atoms with Gasteiger partial charge in [0.1, 0.15) is 0 Å². The smallest absolute Gasteiger partial charge is 0.0563 e. The minimum atomic E-state index is -0.221. The Bertz CT molecular complexity index is 117. The van der Waals surface area contributed by atoms with Crippen LogP contribution in [0.1, 0.15) is 48.0 Å². The molecule has 0 heterocycles. The number of aliphatic hydroxyl groups excluding tert-OH is 1. The van der Waals surface area contributed by atoms with Crippen molar-refractivity contribution in [3.05, 3.63) is 0 Å². The summed E-state index contributed by atoms with van der Waals surface area (Å²) in [6.45, 7) is 12.7. The first kappa shape index (κ1) is 11.0. The minimum Gasteiger partial charge on any atom is -0.393 e. The Morgan fingerprint density at radius 3 is 1.55 bits per heavy atom. The predicted octanol–water partition coefficient (Wildman–Crippen LogP) is 2.83. The van der Waals surface area contributed by atoms with Crippen molar-refractivity contribution in [2.24, 2.45) is 10.8 Å². The van der Waals surface area contributed by atoms with E-state index >= 15 is 0 Å². The van der Waals surface area contributed by atoms with Crippen LogP contribution in [-0.4, -0.2) is 11.2 Å². The molecule has 0 aliphatic carbocycles. The molecular weight excluding hydrogens is 136 g/mol. The van der Waals surface area contributed by atoms with Gasteiger partial charge in [-0.1, -0.05) is 34.6 Å². The largest absolute Gasteiger partial charge is 0.393 e. The Labute approximate surface area is 70.8 Å². The zero-order chi connectivity index (χ0) is 9.28. The highest BCUT2D eigenvalue weighted by Crippen LogP contribution is 2.35. The fourth-order valence-corrected chi connectivity index (χ4v) is 1.51. The first-order valence-electron chi connectivity index (χ1n) is 4.33. The van der Waals surface area contributed by atoms with Gasteiger partial charge in [0, 0.05) is 0 Å². The van der Waals surface area contributed by atoms with Crippen LogP contribution in [0.15, 0.2) is 0 Å². The summed E-state index contributed by atoms with van der Waals surface area (Å²) >= 11 is 0. The first-order valence-corrected chi connectivity index (χ1v) is 4.33. The highest BCUT2D eigenvalue weighted by atomic mass is 16.3. The van der Waals surface area contributed by atoms with Gasteiger partial charge < -0.3 is 5.11 Å². The fourth-order valence-electron chi connectivity index (χ4n) is 1.51. The molecular formula is C10H22O. The molecule has 11 heavy (non-hydrogen) atoms. The summed E-state index contributed by atoms with van der Waals surface area (Å²) in [5.74, 6) is 0. The van der Waals surface area contributed by atoms with Gasteiger partial charge in [-0.25, -0.2) is 0 Å². The summed E-state index contributed by atoms with van der Waals surface area (Å²) in [7, 11) is 0. The van der Waals surface area contributed by atoms with Crippen molar-refractivity contribution < 1.29 is 5.11 Å². The third kappa shape index (κ3) is 4.41. The Kier molecular flexibility index (Phi) is 3.13. The van der Waals surface area contributed by atoms with Crippen molar-refractivity contribution >= 4 is 0 Å². The lowest BCUT2D eigenvalue weighted by Gasteiger charge is -2.34. The van der Waals surface area contributed by atoms with Crippen LogP contribution in [0, 0.1) is 10.8 Å². The van der Waals surface area contributed by atoms with Gasteiger partial charge in [0.25, 0.3) is 0 Å². The zero-order valence-corrected chi connectivity index (χ0v) is 8.73. The van der Waals surface area contributed by atoms with Crippen LogP contribution in [0.2, 0.25) is 0 Å². The molecule has 0 aromatic carbocycles. The summed E-state index contributed by atoms with van der Waals surface area (Å²) in [5.41, 5.74) is 0.346. The average Bonchev–Trinajstić information content (AvgIpc) is 1.56. The Balaban J connectivity index is 4.13. The molecule has 68 valence electrons. The van der Waals surface area contributed by atoms with Gasteiger partial charge in [0.15, 0.2) is 0 Å². The summed E-state index contributed by atoms with van der Waals surface area (Å²) < 4.78 is 0. The maximum Gasteiger partial charge on any atom is 0.0563 e. The van der Waals surface area contributed by atoms with E-state index in [1.54, 1.807) is 0 Å². The summed E-state index contributed by atoms with van der Waals surface area (Å²) in [6.07, 6.45) is 0.833. The average molecular weight is 158 g/mol. The van der Waals surface area contributed by atoms with E-state index in [4.69, 9.17) is 0 Å². The second-order valence-corrected chi connectivity index (χ2v) is 5.40. The maximum absolute atomic E-state index is 9.44. The van der Waals surface area contributed by atoms with Gasteiger partial charge in [0.05, 0.1) is 6.10 Å². The fraction of sp³-hybridized carbons (Fsp3) is 1.00. The van der Waals surface area contributed by atoms with E-state index in [9.17, 15) is 5.11 Å². The van der Waals surface area contributed by atoms with Crippen LogP contribution in [0.4, 0.5) is 0 Å². The van der Waals surface area contributed by atoms with Gasteiger partial charge in [-0.15, -0.1) is 0 Å². The predicted molar refractivity (Wildman–Crippen MR) is 49.5 cm³/mol. The van der Waals surface area contributed by atoms with Crippen molar-refractivity contribution in [3.8, 4) is 0 Å². The van der Waals surface area contributed by atoms with E-state index in [1.165, 1.54) is 0 Å². The molecule has 1 atom stereocenters. The quantitative estimate of drug-likeness (QED) is 0.655. The molecule has 1 nitrogen and oxygen atoms in total. The monoisotopic (exact) mass is 158 g/mol. The lowest BCUT2D eigenvalue weighted by molar-refractivity contribution is 0.0346. The van der Waals surface area contributed by atoms with Gasteiger partial charge >= 0.3 is 0 Å². The van der Waals surface area contributed by atoms with Crippen LogP contribution in [0.3, 0.4) is 0 Å². The first-order chi connectivity index (χ1) is 4.65. The molecule has 0 aliphatic heterocycles. The molecule has 0 aromatic heterocycles. The molecule has 0 saturated carbocycles. The molecule has 1 heteroatoms. The Morgan fingerprint density at radius 2 is 1.45 bits per heavy atom. The Hall–Kier alpha value is -0.0400. The molecule has 0 rings (SSSR count). The Morgan fingerprint density at radius 1 is 1.09 bits per heavy atom. The van der Waals surface area contributed by atoms with Gasteiger partial charge in [-0.2, -0.15) is 0 Å². The topological polar surface area (TPSA) is 20.2 Å². The van der Waals surface area contributed by atoms with Crippen LogP contribution >= 0.6 is 0 Å². The molecule has 0 saturated heterocycles. The van der Waals surface area contributed by atoms with E-state index in [0.29, 0.717) is 5.41 Å². The number of hydrogen-bond donors (Lipinski definition) is 1. The van der Waals surface area contributed by atoms with E-state index < -0.39 is 0 Å². The summed E-state index contributed by atoms with van der Waals surface area (Å²) in [5, 5.41) is 9.44. The normalized spacial score (nSPS) is 16.6. The molecule has 1 N–H and O–H groups in total. The molecule has 0 spiro atoms. The zero-order valence-electron chi connectivity index (χ0n) is 8.73. The number of rotatable bonds is 2. The molecule has 0 amide bonds. The van der Waals surface area contributed by atoms with Crippen molar-refractivity contribution in [2.75, 3.05) is 0 Å². The summed E-state index contributed by atoms with van der Waals surface area (Å²) in [6, 6.07) is 0. The SMILES string of the molecule is CC(O)C(C)(C)CC(C)(C)C. The van der Waals surface area contributed by atoms with Crippen LogP contribution in [-0.2, 0) is 0 Å². The van der Waals surface area contributed by atoms with Crippen LogP contribution in [0.5, 0.6) is 0 Å². The van der Waals surface area contributed by atoms with E-state index in [1.807, 2.05) is 6.92 Å². The lowest BCUT2D eigenvalue weighted by atomic mass is 9.73. The van der Waals surface area contributed by atoms with E-state index in [-0.39, 0.29) is 11.5 Å².